The molecule has 0 nitrogen and oxygen atoms in total. The third-order valence-corrected chi connectivity index (χ3v) is 3.50. The first-order chi connectivity index (χ1) is 9.95. The van der Waals surface area contributed by atoms with Crippen molar-refractivity contribution in [2.24, 2.45) is 0 Å². The average molecular weight is 256 g/mol. The van der Waals surface area contributed by atoms with Crippen LogP contribution in [0.3, 0.4) is 0 Å². The molecule has 0 radical (unpaired) electrons. The van der Waals surface area contributed by atoms with Crippen molar-refractivity contribution in [1.82, 2.24) is 0 Å². The third-order valence-electron chi connectivity index (χ3n) is 3.50. The van der Waals surface area contributed by atoms with Crippen LogP contribution in [0.5, 0.6) is 0 Å². The Balaban J connectivity index is 0.000000581. The zero-order valence-corrected chi connectivity index (χ0v) is 11.8. The number of hydrogen-bond acceptors (Lipinski definition) is 0. The van der Waals surface area contributed by atoms with Crippen LogP contribution in [-0.4, -0.2) is 0 Å². The molecule has 4 aromatic carbocycles. The normalized spacial score (nSPS) is 10.1. The number of hydrogen-bond donors (Lipinski definition) is 0. The minimum Gasteiger partial charge on any atom is -0.0695 e. The van der Waals surface area contributed by atoms with E-state index in [2.05, 4.69) is 66.7 Å². The van der Waals surface area contributed by atoms with Crippen LogP contribution in [0.2, 0.25) is 0 Å². The summed E-state index contributed by atoms with van der Waals surface area (Å²) >= 11 is 0. The van der Waals surface area contributed by atoms with Gasteiger partial charge in [0.15, 0.2) is 0 Å². The van der Waals surface area contributed by atoms with E-state index in [-0.39, 0.29) is 0 Å². The molecule has 0 saturated carbocycles. The predicted octanol–water partition coefficient (Wildman–Crippen LogP) is 5.77. The van der Waals surface area contributed by atoms with Crippen molar-refractivity contribution in [3.05, 3.63) is 72.8 Å². The van der Waals surface area contributed by atoms with Gasteiger partial charge >= 0.3 is 0 Å². The molecule has 0 spiro atoms. The van der Waals surface area contributed by atoms with Gasteiger partial charge in [-0.15, -0.1) is 0 Å². The van der Waals surface area contributed by atoms with Crippen LogP contribution in [0.15, 0.2) is 60.7 Å². The Morgan fingerprint density at radius 2 is 1.05 bits per heavy atom. The number of rotatable bonds is 0. The lowest BCUT2D eigenvalue weighted by Crippen LogP contribution is -1.81. The fourth-order valence-corrected chi connectivity index (χ4v) is 2.72. The second-order valence-corrected chi connectivity index (χ2v) is 4.48. The van der Waals surface area contributed by atoms with E-state index in [4.69, 9.17) is 0 Å². The fourth-order valence-electron chi connectivity index (χ4n) is 2.72. The molecule has 0 aliphatic heterocycles. The summed E-state index contributed by atoms with van der Waals surface area (Å²) in [6.07, 6.45) is 0. The van der Waals surface area contributed by atoms with Gasteiger partial charge in [-0.2, -0.15) is 0 Å². The second-order valence-electron chi connectivity index (χ2n) is 4.48. The maximum atomic E-state index is 3.26. The molecule has 0 saturated heterocycles. The van der Waals surface area contributed by atoms with E-state index in [9.17, 15) is 0 Å². The van der Waals surface area contributed by atoms with Crippen LogP contribution in [0.4, 0.5) is 0 Å². The summed E-state index contributed by atoms with van der Waals surface area (Å²) in [5, 5.41) is 7.55. The average Bonchev–Trinajstić information content (AvgIpc) is 2.57. The first-order valence-electron chi connectivity index (χ1n) is 7.07. The molecule has 0 aliphatic rings. The molecule has 4 aromatic rings. The van der Waals surface area contributed by atoms with Crippen LogP contribution in [0.1, 0.15) is 13.8 Å². The van der Waals surface area contributed by atoms with E-state index in [1.807, 2.05) is 19.9 Å². The zero-order chi connectivity index (χ0) is 13.9. The Labute approximate surface area is 119 Å². The largest absolute Gasteiger partial charge is 0.0695 e. The third kappa shape index (κ3) is 1.80. The van der Waals surface area contributed by atoms with Crippen LogP contribution in [0.25, 0.3) is 32.3 Å². The smallest absolute Gasteiger partial charge is 0.0406 e. The SMILES string of the molecule is CC.c1ccc2c(c#1)c1ccccc1c1ccccc21. The lowest BCUT2D eigenvalue weighted by molar-refractivity contribution is 1.50. The highest BCUT2D eigenvalue weighted by molar-refractivity contribution is 6.24. The first-order valence-corrected chi connectivity index (χ1v) is 7.07. The predicted molar refractivity (Wildman–Crippen MR) is 88.0 cm³/mol. The molecule has 0 atom stereocenters. The molecule has 4 rings (SSSR count). The van der Waals surface area contributed by atoms with Gasteiger partial charge in [-0.1, -0.05) is 74.5 Å². The van der Waals surface area contributed by atoms with Crippen LogP contribution < -0.4 is 0 Å². The molecule has 0 heteroatoms. The Morgan fingerprint density at radius 3 is 1.65 bits per heavy atom. The maximum absolute atomic E-state index is 3.26. The highest BCUT2D eigenvalue weighted by Gasteiger charge is 2.06. The summed E-state index contributed by atoms with van der Waals surface area (Å²) in [6, 6.07) is 27.5. The van der Waals surface area contributed by atoms with Crippen LogP contribution in [0, 0.1) is 12.1 Å². The molecular formula is C20H16. The molecule has 20 heavy (non-hydrogen) atoms. The number of fused-ring (bicyclic) bond motifs is 6. The molecule has 0 N–H and O–H groups in total. The summed E-state index contributed by atoms with van der Waals surface area (Å²) in [5.41, 5.74) is 0. The molecule has 96 valence electrons. The second kappa shape index (κ2) is 5.23. The van der Waals surface area contributed by atoms with Crippen molar-refractivity contribution in [3.8, 4) is 0 Å². The Kier molecular flexibility index (Phi) is 3.27. The molecular weight excluding hydrogens is 240 g/mol. The summed E-state index contributed by atoms with van der Waals surface area (Å²) in [5.74, 6) is 0. The highest BCUT2D eigenvalue weighted by atomic mass is 14.1. The van der Waals surface area contributed by atoms with Gasteiger partial charge in [-0.25, -0.2) is 0 Å². The topological polar surface area (TPSA) is 0 Å². The summed E-state index contributed by atoms with van der Waals surface area (Å²) in [7, 11) is 0. The maximum Gasteiger partial charge on any atom is 0.0406 e. The standard InChI is InChI=1S/C18H10.C2H6/c1-2-8-14-13(7-1)15-9-3-4-11-17(15)18-12-6-5-10-16(14)18;1-2/h1-5,7-11H;1-2H3. The van der Waals surface area contributed by atoms with Crippen LogP contribution in [-0.2, 0) is 0 Å². The van der Waals surface area contributed by atoms with E-state index in [1.165, 1.54) is 26.9 Å². The van der Waals surface area contributed by atoms with Gasteiger partial charge in [-0.3, -0.25) is 0 Å². The summed E-state index contributed by atoms with van der Waals surface area (Å²) in [4.78, 5) is 0. The monoisotopic (exact) mass is 256 g/mol. The first kappa shape index (κ1) is 12.5. The molecule has 0 amide bonds. The van der Waals surface area contributed by atoms with E-state index in [0.717, 1.165) is 5.39 Å². The van der Waals surface area contributed by atoms with Crippen molar-refractivity contribution in [2.75, 3.05) is 0 Å². The molecule has 0 heterocycles. The van der Waals surface area contributed by atoms with Crippen molar-refractivity contribution in [1.29, 1.82) is 0 Å². The Morgan fingerprint density at radius 1 is 0.600 bits per heavy atom. The zero-order valence-electron chi connectivity index (χ0n) is 11.8. The molecule has 0 unspecified atom stereocenters. The van der Waals surface area contributed by atoms with E-state index in [1.54, 1.807) is 0 Å². The Bertz CT molecular complexity index is 652. The van der Waals surface area contributed by atoms with E-state index >= 15 is 0 Å². The lowest BCUT2D eigenvalue weighted by Gasteiger charge is -2.07. The minimum atomic E-state index is 1.16. The summed E-state index contributed by atoms with van der Waals surface area (Å²) < 4.78 is 0. The molecule has 0 bridgehead atoms. The van der Waals surface area contributed by atoms with Gasteiger partial charge < -0.3 is 0 Å². The van der Waals surface area contributed by atoms with E-state index in [0.29, 0.717) is 0 Å². The van der Waals surface area contributed by atoms with Gasteiger partial charge in [-0.05, 0) is 39.1 Å². The number of benzene rings is 3. The van der Waals surface area contributed by atoms with Crippen molar-refractivity contribution in [3.63, 3.8) is 0 Å². The van der Waals surface area contributed by atoms with Gasteiger partial charge in [0.05, 0.1) is 0 Å². The van der Waals surface area contributed by atoms with Gasteiger partial charge in [0.1, 0.15) is 0 Å². The summed E-state index contributed by atoms with van der Waals surface area (Å²) in [6.45, 7) is 4.00. The highest BCUT2D eigenvalue weighted by Crippen LogP contribution is 2.33. The van der Waals surface area contributed by atoms with Crippen LogP contribution >= 0.6 is 0 Å². The molecule has 0 fully saturated rings. The van der Waals surface area contributed by atoms with Gasteiger partial charge in [0.25, 0.3) is 0 Å². The lowest BCUT2D eigenvalue weighted by atomic mass is 9.95. The quantitative estimate of drug-likeness (QED) is 0.350. The van der Waals surface area contributed by atoms with Gasteiger partial charge in [0.2, 0.25) is 0 Å². The minimum absolute atomic E-state index is 1.16. The fraction of sp³-hybridized carbons (Fsp3) is 0.100. The van der Waals surface area contributed by atoms with Crippen molar-refractivity contribution in [2.45, 2.75) is 13.8 Å². The molecule has 0 aromatic heterocycles. The Hall–Kier alpha value is -2.52. The molecule has 0 aliphatic carbocycles. The van der Waals surface area contributed by atoms with Gasteiger partial charge in [0, 0.05) is 5.39 Å². The van der Waals surface area contributed by atoms with E-state index < -0.39 is 0 Å². The van der Waals surface area contributed by atoms with Crippen molar-refractivity contribution >= 4 is 32.3 Å². The van der Waals surface area contributed by atoms with Crippen molar-refractivity contribution < 1.29 is 0 Å².